The van der Waals surface area contributed by atoms with Crippen LogP contribution in [0.15, 0.2) is 72.1 Å². The number of benzene rings is 2. The van der Waals surface area contributed by atoms with Crippen molar-refractivity contribution in [1.29, 1.82) is 0 Å². The number of imidazole rings is 1. The first-order chi connectivity index (χ1) is 16.3. The van der Waals surface area contributed by atoms with Crippen LogP contribution in [0, 0.1) is 0 Å². The van der Waals surface area contributed by atoms with E-state index in [0.717, 1.165) is 55.0 Å². The number of nitrogens with zero attached hydrogens (tertiary/aromatic N) is 6. The highest BCUT2D eigenvalue weighted by atomic mass is 15.4. The van der Waals surface area contributed by atoms with Gasteiger partial charge in [0.2, 0.25) is 5.95 Å². The third kappa shape index (κ3) is 4.85. The zero-order valence-corrected chi connectivity index (χ0v) is 18.7. The number of rotatable bonds is 7. The van der Waals surface area contributed by atoms with Gasteiger partial charge in [-0.3, -0.25) is 0 Å². The summed E-state index contributed by atoms with van der Waals surface area (Å²) in [5.74, 6) is 2.16. The second kappa shape index (κ2) is 9.79. The Hall–Kier alpha value is -3.78. The summed E-state index contributed by atoms with van der Waals surface area (Å²) in [6, 6.07) is 18.9. The Labute approximate surface area is 193 Å². The van der Waals surface area contributed by atoms with Crippen LogP contribution in [0.3, 0.4) is 0 Å². The second-order valence-corrected chi connectivity index (χ2v) is 8.25. The molecular weight excluding hydrogens is 412 g/mol. The summed E-state index contributed by atoms with van der Waals surface area (Å²) in [6.45, 7) is 2.80. The van der Waals surface area contributed by atoms with Crippen LogP contribution < -0.4 is 15.6 Å². The van der Waals surface area contributed by atoms with Crippen LogP contribution in [0.4, 0.5) is 11.8 Å². The number of para-hydroxylation sites is 1. The quantitative estimate of drug-likeness (QED) is 0.338. The Bertz CT molecular complexity index is 1230. The van der Waals surface area contributed by atoms with Crippen molar-refractivity contribution < 1.29 is 0 Å². The van der Waals surface area contributed by atoms with Crippen LogP contribution in [0.5, 0.6) is 0 Å². The third-order valence-corrected chi connectivity index (χ3v) is 6.06. The Kier molecular flexibility index (Phi) is 6.25. The van der Waals surface area contributed by atoms with Crippen molar-refractivity contribution in [2.45, 2.75) is 25.4 Å². The van der Waals surface area contributed by atoms with E-state index >= 15 is 0 Å². The lowest BCUT2D eigenvalue weighted by molar-refractivity contribution is 0.442. The van der Waals surface area contributed by atoms with Crippen molar-refractivity contribution in [3.05, 3.63) is 78.4 Å². The highest BCUT2D eigenvalue weighted by Gasteiger charge is 2.21. The van der Waals surface area contributed by atoms with Crippen molar-refractivity contribution in [3.63, 3.8) is 0 Å². The Morgan fingerprint density at radius 1 is 1.09 bits per heavy atom. The third-order valence-electron chi connectivity index (χ3n) is 6.06. The average Bonchev–Trinajstić information content (AvgIpc) is 3.31. The molecule has 8 nitrogen and oxygen atoms in total. The summed E-state index contributed by atoms with van der Waals surface area (Å²) in [5.41, 5.74) is 5.12. The van der Waals surface area contributed by atoms with Gasteiger partial charge in [0.1, 0.15) is 5.82 Å². The fourth-order valence-corrected chi connectivity index (χ4v) is 4.26. The lowest BCUT2D eigenvalue weighted by Gasteiger charge is -2.33. The van der Waals surface area contributed by atoms with Crippen molar-refractivity contribution >= 4 is 28.9 Å². The zero-order chi connectivity index (χ0) is 22.5. The van der Waals surface area contributed by atoms with Gasteiger partial charge < -0.3 is 14.8 Å². The summed E-state index contributed by atoms with van der Waals surface area (Å²) in [5, 5.41) is 8.87. The van der Waals surface area contributed by atoms with Crippen LogP contribution in [-0.2, 0) is 6.54 Å². The van der Waals surface area contributed by atoms with Gasteiger partial charge in [-0.25, -0.2) is 15.4 Å². The van der Waals surface area contributed by atoms with Gasteiger partial charge in [0, 0.05) is 37.4 Å². The van der Waals surface area contributed by atoms with Crippen LogP contribution in [0.1, 0.15) is 24.2 Å². The molecule has 168 valence electrons. The molecule has 33 heavy (non-hydrogen) atoms. The largest absolute Gasteiger partial charge is 0.356 e. The molecule has 0 atom stereocenters. The molecule has 2 aromatic carbocycles. The maximum Gasteiger partial charge on any atom is 0.246 e. The van der Waals surface area contributed by atoms with Crippen molar-refractivity contribution in [2.75, 3.05) is 30.5 Å². The minimum Gasteiger partial charge on any atom is -0.356 e. The molecule has 0 saturated carbocycles. The summed E-state index contributed by atoms with van der Waals surface area (Å²) in [4.78, 5) is 16.2. The van der Waals surface area contributed by atoms with E-state index in [-0.39, 0.29) is 0 Å². The van der Waals surface area contributed by atoms with E-state index in [2.05, 4.69) is 60.5 Å². The molecule has 0 radical (unpaired) electrons. The van der Waals surface area contributed by atoms with Gasteiger partial charge >= 0.3 is 0 Å². The summed E-state index contributed by atoms with van der Waals surface area (Å²) < 4.78 is 2.05. The van der Waals surface area contributed by atoms with E-state index in [1.54, 1.807) is 12.4 Å². The number of nitrogens with one attached hydrogen (secondary N) is 2. The van der Waals surface area contributed by atoms with Crippen LogP contribution in [0.25, 0.3) is 10.9 Å². The Morgan fingerprint density at radius 3 is 2.73 bits per heavy atom. The number of hydrogen-bond acceptors (Lipinski definition) is 7. The topological polar surface area (TPSA) is 83.3 Å². The van der Waals surface area contributed by atoms with Crippen molar-refractivity contribution in [3.8, 4) is 0 Å². The number of hydrazone groups is 1. The number of fused-ring (bicyclic) bond motifs is 1. The van der Waals surface area contributed by atoms with Gasteiger partial charge in [-0.1, -0.05) is 42.5 Å². The molecule has 4 aromatic rings. The molecule has 0 bridgehead atoms. The van der Waals surface area contributed by atoms with E-state index in [1.807, 2.05) is 42.6 Å². The summed E-state index contributed by atoms with van der Waals surface area (Å²) in [6.07, 6.45) is 7.63. The molecule has 1 aliphatic rings. The second-order valence-electron chi connectivity index (χ2n) is 8.25. The first-order valence-corrected chi connectivity index (χ1v) is 11.3. The van der Waals surface area contributed by atoms with E-state index in [0.29, 0.717) is 12.0 Å². The molecular formula is C25H28N8. The van der Waals surface area contributed by atoms with Gasteiger partial charge in [-0.15, -0.1) is 0 Å². The highest BCUT2D eigenvalue weighted by molar-refractivity contribution is 5.90. The lowest BCUT2D eigenvalue weighted by atomic mass is 10.0. The predicted molar refractivity (Wildman–Crippen MR) is 133 cm³/mol. The molecule has 0 amide bonds. The van der Waals surface area contributed by atoms with Crippen LogP contribution in [0.2, 0.25) is 0 Å². The molecule has 1 aliphatic heterocycles. The van der Waals surface area contributed by atoms with Gasteiger partial charge in [-0.2, -0.15) is 10.1 Å². The van der Waals surface area contributed by atoms with E-state index in [1.165, 1.54) is 5.56 Å². The average molecular weight is 441 g/mol. The first-order valence-electron chi connectivity index (χ1n) is 11.3. The standard InChI is InChI=1S/C25H28N8/c1-32(20-11-13-26-14-12-20)24-21-9-5-6-10-22(21)29-25(30-24)31-28-17-23-27-15-16-33(23)18-19-7-3-2-4-8-19/h2-10,15-17,20,26H,11-14,18H2,1H3,(H,29,30,31)/b28-17+. The predicted octanol–water partition coefficient (Wildman–Crippen LogP) is 3.51. The molecule has 1 saturated heterocycles. The normalized spacial score (nSPS) is 14.7. The Balaban J connectivity index is 1.37. The van der Waals surface area contributed by atoms with Gasteiger partial charge in [0.25, 0.3) is 0 Å². The van der Waals surface area contributed by atoms with Crippen LogP contribution in [-0.4, -0.2) is 51.9 Å². The Morgan fingerprint density at radius 2 is 1.88 bits per heavy atom. The molecule has 8 heteroatoms. The fraction of sp³-hybridized carbons (Fsp3) is 0.280. The first kappa shape index (κ1) is 21.1. The van der Waals surface area contributed by atoms with Gasteiger partial charge in [0.05, 0.1) is 11.7 Å². The summed E-state index contributed by atoms with van der Waals surface area (Å²) >= 11 is 0. The monoisotopic (exact) mass is 440 g/mol. The lowest BCUT2D eigenvalue weighted by Crippen LogP contribution is -2.41. The number of hydrogen-bond donors (Lipinski definition) is 2. The van der Waals surface area contributed by atoms with Crippen molar-refractivity contribution in [2.24, 2.45) is 5.10 Å². The smallest absolute Gasteiger partial charge is 0.246 e. The van der Waals surface area contributed by atoms with Crippen molar-refractivity contribution in [1.82, 2.24) is 24.8 Å². The number of anilines is 2. The fourth-order valence-electron chi connectivity index (χ4n) is 4.26. The molecule has 0 spiro atoms. The molecule has 2 N–H and O–H groups in total. The zero-order valence-electron chi connectivity index (χ0n) is 18.7. The maximum atomic E-state index is 4.83. The molecule has 0 unspecified atom stereocenters. The molecule has 1 fully saturated rings. The number of piperidine rings is 1. The van der Waals surface area contributed by atoms with E-state index < -0.39 is 0 Å². The number of aromatic nitrogens is 4. The van der Waals surface area contributed by atoms with E-state index in [4.69, 9.17) is 4.98 Å². The SMILES string of the molecule is CN(c1nc(N/N=C/c2nccn2Cc2ccccc2)nc2ccccc12)C1CCNCC1. The maximum absolute atomic E-state index is 4.83. The molecule has 5 rings (SSSR count). The van der Waals surface area contributed by atoms with Gasteiger partial charge in [0.15, 0.2) is 5.82 Å². The summed E-state index contributed by atoms with van der Waals surface area (Å²) in [7, 11) is 2.12. The molecule has 0 aliphatic carbocycles. The molecule has 2 aromatic heterocycles. The molecule has 3 heterocycles. The van der Waals surface area contributed by atoms with Crippen LogP contribution >= 0.6 is 0 Å². The van der Waals surface area contributed by atoms with E-state index in [9.17, 15) is 0 Å². The minimum atomic E-state index is 0.450. The minimum absolute atomic E-state index is 0.450. The van der Waals surface area contributed by atoms with Gasteiger partial charge in [-0.05, 0) is 43.6 Å². The highest BCUT2D eigenvalue weighted by Crippen LogP contribution is 2.27.